The average Bonchev–Trinajstić information content (AvgIpc) is 3.24. The minimum absolute atomic E-state index is 0.0129. The van der Waals surface area contributed by atoms with Crippen LogP contribution in [-0.2, 0) is 53.0 Å². The van der Waals surface area contributed by atoms with Crippen LogP contribution in [-0.4, -0.2) is 152 Å². The summed E-state index contributed by atoms with van der Waals surface area (Å²) in [6, 6.07) is -5.85. The third-order valence-corrected chi connectivity index (χ3v) is 11.2. The summed E-state index contributed by atoms with van der Waals surface area (Å²) in [6.07, 6.45) is 8.98. The number of hydroxylamine groups is 2. The molecule has 0 aliphatic carbocycles. The van der Waals surface area contributed by atoms with Gasteiger partial charge in [-0.1, -0.05) is 74.1 Å². The van der Waals surface area contributed by atoms with Crippen molar-refractivity contribution in [2.75, 3.05) is 47.9 Å². The zero-order valence-corrected chi connectivity index (χ0v) is 42.2. The fraction of sp³-hybridized carbons (Fsp3) is 0.708. The molecule has 4 unspecified atom stereocenters. The minimum Gasteiger partial charge on any atom is -0.497 e. The van der Waals surface area contributed by atoms with Crippen molar-refractivity contribution in [3.63, 3.8) is 0 Å². The van der Waals surface area contributed by atoms with Crippen LogP contribution < -0.4 is 21.7 Å². The van der Waals surface area contributed by atoms with Gasteiger partial charge >= 0.3 is 0 Å². The molecule has 0 aromatic carbocycles. The second-order valence-corrected chi connectivity index (χ2v) is 19.1. The van der Waals surface area contributed by atoms with E-state index >= 15 is 0 Å². The number of likely N-dealkylation sites (N-methyl/N-ethyl adjacent to an activating group) is 3. The van der Waals surface area contributed by atoms with Crippen LogP contribution in [0.4, 0.5) is 0 Å². The number of hydrogen-bond donors (Lipinski definition) is 4. The SMILES string of the molecule is C=C(OC)/C(=C\C=C\CC(NC(=O)C(CC(C)C)N(C)C=O)C(=O)N(C)C(CC(C)C)C(=O)N(C)C(CC(C)C)C(=O)N[C@@H](CC(=O)N[C@@H](C=O)CC(C)C)CN1CCCCCOO1)C(N)=O. The molecule has 1 aliphatic heterocycles. The fourth-order valence-corrected chi connectivity index (χ4v) is 7.56. The molecule has 67 heavy (non-hydrogen) atoms. The number of hydrogen-bond acceptors (Lipinski definition) is 12. The van der Waals surface area contributed by atoms with Crippen molar-refractivity contribution in [3.8, 4) is 0 Å². The Morgan fingerprint density at radius 1 is 0.761 bits per heavy atom. The maximum absolute atomic E-state index is 14.8. The molecule has 380 valence electrons. The highest BCUT2D eigenvalue weighted by Crippen LogP contribution is 2.21. The zero-order chi connectivity index (χ0) is 51.0. The minimum atomic E-state index is -1.25. The van der Waals surface area contributed by atoms with E-state index in [1.54, 1.807) is 11.1 Å². The van der Waals surface area contributed by atoms with Gasteiger partial charge < -0.3 is 45.9 Å². The summed E-state index contributed by atoms with van der Waals surface area (Å²) in [5.74, 6) is -3.53. The summed E-state index contributed by atoms with van der Waals surface area (Å²) in [5, 5.41) is 10.1. The molecule has 6 atom stereocenters. The Kier molecular flexibility index (Phi) is 27.7. The smallest absolute Gasteiger partial charge is 0.252 e. The van der Waals surface area contributed by atoms with Gasteiger partial charge in [0.15, 0.2) is 0 Å². The molecule has 1 heterocycles. The third kappa shape index (κ3) is 22.0. The van der Waals surface area contributed by atoms with E-state index in [2.05, 4.69) is 22.5 Å². The van der Waals surface area contributed by atoms with E-state index in [4.69, 9.17) is 20.3 Å². The Morgan fingerprint density at radius 2 is 1.33 bits per heavy atom. The first-order valence-electron chi connectivity index (χ1n) is 23.5. The molecule has 19 heteroatoms. The Hall–Kier alpha value is -5.14. The largest absolute Gasteiger partial charge is 0.497 e. The monoisotopic (exact) mass is 947 g/mol. The molecule has 1 saturated heterocycles. The normalized spacial score (nSPS) is 16.5. The standard InChI is InChI=1S/C48H82N8O11/c1-31(2)23-37(29-57)50-43(59)27-36(28-56-21-17-14-18-22-66-67-56)51-46(62)41(25-33(5)6)54(11)48(64)42(26-34(7)8)55(12)47(63)39(20-16-15-19-38(44(49)60)35(9)65-13)52-45(61)40(24-32(3)4)53(10)30-58/h15-16,19,29-34,36-37,39-42H,9,14,17-18,20-28H2,1-8,10-13H3,(H2,49,60)(H,50,59)(H,51,62)(H,52,61)/b16-15+,38-19+/t36-,37+,39?,40?,41?,42?/m0/s1. The molecule has 0 bridgehead atoms. The lowest BCUT2D eigenvalue weighted by molar-refractivity contribution is -0.430. The van der Waals surface area contributed by atoms with Crippen LogP contribution in [0.1, 0.15) is 113 Å². The molecule has 5 N–H and O–H groups in total. The number of ether oxygens (including phenoxy) is 1. The summed E-state index contributed by atoms with van der Waals surface area (Å²) in [5.41, 5.74) is 5.49. The number of nitrogens with two attached hydrogens (primary N) is 1. The summed E-state index contributed by atoms with van der Waals surface area (Å²) >= 11 is 0. The molecule has 1 fully saturated rings. The molecule has 0 radical (unpaired) electrons. The van der Waals surface area contributed by atoms with Crippen LogP contribution in [0.3, 0.4) is 0 Å². The third-order valence-electron chi connectivity index (χ3n) is 11.2. The van der Waals surface area contributed by atoms with Crippen LogP contribution >= 0.6 is 0 Å². The van der Waals surface area contributed by atoms with E-state index < -0.39 is 71.7 Å². The maximum atomic E-state index is 14.8. The van der Waals surface area contributed by atoms with Crippen molar-refractivity contribution in [2.45, 2.75) is 149 Å². The first kappa shape index (κ1) is 59.9. The number of amides is 7. The van der Waals surface area contributed by atoms with Crippen LogP contribution in [0.2, 0.25) is 0 Å². The molecular weight excluding hydrogens is 865 g/mol. The number of rotatable bonds is 30. The van der Waals surface area contributed by atoms with E-state index in [-0.39, 0.29) is 67.2 Å². The van der Waals surface area contributed by atoms with E-state index in [1.807, 2.05) is 55.4 Å². The number of carbonyl (C=O) groups is 8. The summed E-state index contributed by atoms with van der Waals surface area (Å²) in [4.78, 5) is 122. The molecule has 0 saturated carbocycles. The number of primary amides is 1. The zero-order valence-electron chi connectivity index (χ0n) is 42.2. The molecular formula is C48H82N8O11. The molecule has 19 nitrogen and oxygen atoms in total. The summed E-state index contributed by atoms with van der Waals surface area (Å²) < 4.78 is 5.07. The first-order chi connectivity index (χ1) is 31.5. The summed E-state index contributed by atoms with van der Waals surface area (Å²) in [6.45, 7) is 19.9. The van der Waals surface area contributed by atoms with Crippen molar-refractivity contribution in [2.24, 2.45) is 29.4 Å². The van der Waals surface area contributed by atoms with Gasteiger partial charge in [-0.25, -0.2) is 4.89 Å². The lowest BCUT2D eigenvalue weighted by atomic mass is 9.97. The van der Waals surface area contributed by atoms with Crippen molar-refractivity contribution < 1.29 is 53.0 Å². The highest BCUT2D eigenvalue weighted by atomic mass is 17.3. The van der Waals surface area contributed by atoms with Crippen molar-refractivity contribution >= 4 is 48.1 Å². The van der Waals surface area contributed by atoms with Gasteiger partial charge in [0.2, 0.25) is 35.9 Å². The number of nitrogens with zero attached hydrogens (tertiary/aromatic N) is 4. The summed E-state index contributed by atoms with van der Waals surface area (Å²) in [7, 11) is 5.77. The van der Waals surface area contributed by atoms with Crippen LogP contribution in [0, 0.1) is 23.7 Å². The van der Waals surface area contributed by atoms with E-state index in [9.17, 15) is 38.4 Å². The predicted molar refractivity (Wildman–Crippen MR) is 255 cm³/mol. The number of carbonyl (C=O) groups excluding carboxylic acids is 8. The Balaban J connectivity index is 3.69. The molecule has 1 rings (SSSR count). The Labute approximate surface area is 398 Å². The number of nitrogens with one attached hydrogen (secondary N) is 3. The van der Waals surface area contributed by atoms with Gasteiger partial charge in [0.1, 0.15) is 36.2 Å². The maximum Gasteiger partial charge on any atom is 0.252 e. The molecule has 7 amide bonds. The van der Waals surface area contributed by atoms with Crippen LogP contribution in [0.25, 0.3) is 0 Å². The van der Waals surface area contributed by atoms with E-state index in [0.29, 0.717) is 38.7 Å². The number of aldehydes is 1. The van der Waals surface area contributed by atoms with E-state index in [0.717, 1.165) is 19.3 Å². The molecule has 1 aliphatic rings. The van der Waals surface area contributed by atoms with Crippen molar-refractivity contribution in [3.05, 3.63) is 36.1 Å². The first-order valence-corrected chi connectivity index (χ1v) is 23.5. The Bertz CT molecular complexity index is 1690. The second kappa shape index (κ2) is 31.0. The fourth-order valence-electron chi connectivity index (χ4n) is 7.56. The molecule has 0 aromatic rings. The van der Waals surface area contributed by atoms with Gasteiger partial charge in [0.25, 0.3) is 5.91 Å². The number of allylic oxidation sites excluding steroid dienone is 2. The average molecular weight is 947 g/mol. The Morgan fingerprint density at radius 3 is 1.88 bits per heavy atom. The van der Waals surface area contributed by atoms with Crippen LogP contribution in [0.5, 0.6) is 0 Å². The number of methoxy groups -OCH3 is 1. The van der Waals surface area contributed by atoms with Crippen molar-refractivity contribution in [1.82, 2.24) is 35.7 Å². The van der Waals surface area contributed by atoms with Gasteiger partial charge in [-0.2, -0.15) is 5.06 Å². The van der Waals surface area contributed by atoms with Gasteiger partial charge in [0, 0.05) is 40.7 Å². The van der Waals surface area contributed by atoms with Crippen molar-refractivity contribution in [1.29, 1.82) is 0 Å². The lowest BCUT2D eigenvalue weighted by Gasteiger charge is -2.37. The lowest BCUT2D eigenvalue weighted by Crippen LogP contribution is -2.59. The van der Waals surface area contributed by atoms with Gasteiger partial charge in [-0.15, -0.1) is 4.99 Å². The second-order valence-electron chi connectivity index (χ2n) is 19.1. The van der Waals surface area contributed by atoms with E-state index in [1.165, 1.54) is 55.1 Å². The van der Waals surface area contributed by atoms with Crippen LogP contribution in [0.15, 0.2) is 36.1 Å². The van der Waals surface area contributed by atoms with Gasteiger partial charge in [0.05, 0.1) is 31.4 Å². The quantitative estimate of drug-likeness (QED) is 0.0267. The highest BCUT2D eigenvalue weighted by Gasteiger charge is 2.39. The predicted octanol–water partition coefficient (Wildman–Crippen LogP) is 3.19. The highest BCUT2D eigenvalue weighted by molar-refractivity contribution is 5.96. The topological polar surface area (TPSA) is 239 Å². The van der Waals surface area contributed by atoms with Gasteiger partial charge in [-0.3, -0.25) is 33.6 Å². The molecule has 0 aromatic heterocycles. The van der Waals surface area contributed by atoms with Gasteiger partial charge in [-0.05, 0) is 81.1 Å². The molecule has 0 spiro atoms.